The predicted molar refractivity (Wildman–Crippen MR) is 103 cm³/mol. The fourth-order valence-electron chi connectivity index (χ4n) is 2.31. The van der Waals surface area contributed by atoms with Gasteiger partial charge in [0.05, 0.1) is 18.9 Å². The van der Waals surface area contributed by atoms with Crippen molar-refractivity contribution in [3.63, 3.8) is 0 Å². The minimum Gasteiger partial charge on any atom is -0.481 e. The number of amides is 4. The lowest BCUT2D eigenvalue weighted by molar-refractivity contribution is -0.144. The summed E-state index contributed by atoms with van der Waals surface area (Å²) in [5, 5.41) is 24.6. The van der Waals surface area contributed by atoms with E-state index in [1.54, 1.807) is 13.8 Å². The average molecular weight is 431 g/mol. The second-order valence-electron chi connectivity index (χ2n) is 6.88. The molecule has 0 saturated heterocycles. The van der Waals surface area contributed by atoms with Gasteiger partial charge < -0.3 is 37.6 Å². The third kappa shape index (κ3) is 9.32. The van der Waals surface area contributed by atoms with Gasteiger partial charge in [-0.25, -0.2) is 4.79 Å². The highest BCUT2D eigenvalue weighted by molar-refractivity contribution is 5.95. The van der Waals surface area contributed by atoms with Crippen LogP contribution in [0.25, 0.3) is 0 Å². The standard InChI is InChI=1S/C17H29N5O8/c1-4-7(2)13(16(28)21-10(17(29)30)6-11(19)23)22-14(26)8(3)20-15(27)9(18)5-12(24)25/h7-10,13H,4-6,18H2,1-3H3,(H2,19,23)(H,20,27)(H,21,28)(H,22,26)(H,24,25)(H,29,30). The number of carboxylic acid groups (broad SMARTS) is 2. The van der Waals surface area contributed by atoms with Crippen LogP contribution in [0.5, 0.6) is 0 Å². The Balaban J connectivity index is 5.19. The molecule has 0 heterocycles. The lowest BCUT2D eigenvalue weighted by Gasteiger charge is -2.27. The van der Waals surface area contributed by atoms with Crippen molar-refractivity contribution < 1.29 is 39.0 Å². The van der Waals surface area contributed by atoms with Crippen LogP contribution >= 0.6 is 0 Å². The molecule has 0 aromatic heterocycles. The van der Waals surface area contributed by atoms with E-state index >= 15 is 0 Å². The van der Waals surface area contributed by atoms with Gasteiger partial charge in [-0.05, 0) is 12.8 Å². The number of primary amides is 1. The van der Waals surface area contributed by atoms with Crippen LogP contribution in [0.1, 0.15) is 40.0 Å². The van der Waals surface area contributed by atoms with Crippen molar-refractivity contribution >= 4 is 35.6 Å². The molecule has 0 rings (SSSR count). The van der Waals surface area contributed by atoms with Crippen molar-refractivity contribution in [1.82, 2.24) is 16.0 Å². The molecule has 13 nitrogen and oxygen atoms in total. The van der Waals surface area contributed by atoms with Crippen LogP contribution in [0, 0.1) is 5.92 Å². The Morgan fingerprint density at radius 1 is 0.867 bits per heavy atom. The molecule has 9 N–H and O–H groups in total. The number of aliphatic carboxylic acids is 2. The van der Waals surface area contributed by atoms with Gasteiger partial charge in [0.25, 0.3) is 0 Å². The van der Waals surface area contributed by atoms with Gasteiger partial charge in [-0.3, -0.25) is 24.0 Å². The third-order valence-corrected chi connectivity index (χ3v) is 4.30. The van der Waals surface area contributed by atoms with Gasteiger partial charge in [-0.15, -0.1) is 0 Å². The van der Waals surface area contributed by atoms with E-state index in [9.17, 15) is 28.8 Å². The number of nitrogens with one attached hydrogen (secondary N) is 3. The second kappa shape index (κ2) is 12.4. The Labute approximate surface area is 172 Å². The van der Waals surface area contributed by atoms with E-state index in [-0.39, 0.29) is 0 Å². The van der Waals surface area contributed by atoms with E-state index < -0.39 is 78.5 Å². The summed E-state index contributed by atoms with van der Waals surface area (Å²) in [6.45, 7) is 4.69. The van der Waals surface area contributed by atoms with E-state index in [1.165, 1.54) is 6.92 Å². The summed E-state index contributed by atoms with van der Waals surface area (Å²) < 4.78 is 0. The third-order valence-electron chi connectivity index (χ3n) is 4.30. The van der Waals surface area contributed by atoms with Gasteiger partial charge in [0.1, 0.15) is 18.1 Å². The number of hydrogen-bond donors (Lipinski definition) is 7. The summed E-state index contributed by atoms with van der Waals surface area (Å²) >= 11 is 0. The molecule has 5 unspecified atom stereocenters. The van der Waals surface area contributed by atoms with E-state index in [4.69, 9.17) is 21.7 Å². The first-order valence-electron chi connectivity index (χ1n) is 9.19. The van der Waals surface area contributed by atoms with Crippen molar-refractivity contribution in [2.24, 2.45) is 17.4 Å². The van der Waals surface area contributed by atoms with Gasteiger partial charge in [0, 0.05) is 0 Å². The molecule has 0 aromatic rings. The highest BCUT2D eigenvalue weighted by atomic mass is 16.4. The molecule has 0 fully saturated rings. The summed E-state index contributed by atoms with van der Waals surface area (Å²) in [5.41, 5.74) is 10.4. The number of carboxylic acids is 2. The summed E-state index contributed by atoms with van der Waals surface area (Å²) in [6.07, 6.45) is -0.819. The highest BCUT2D eigenvalue weighted by Crippen LogP contribution is 2.09. The minimum atomic E-state index is -1.57. The molecular weight excluding hydrogens is 402 g/mol. The molecule has 0 aliphatic rings. The van der Waals surface area contributed by atoms with Gasteiger partial charge in [0.2, 0.25) is 23.6 Å². The molecule has 0 radical (unpaired) electrons. The Morgan fingerprint density at radius 2 is 1.43 bits per heavy atom. The Hall–Kier alpha value is -3.22. The van der Waals surface area contributed by atoms with Crippen molar-refractivity contribution in [3.8, 4) is 0 Å². The van der Waals surface area contributed by atoms with Crippen LogP contribution in [0.2, 0.25) is 0 Å². The average Bonchev–Trinajstić information content (AvgIpc) is 2.63. The quantitative estimate of drug-likeness (QED) is 0.160. The Bertz CT molecular complexity index is 683. The molecule has 0 aliphatic heterocycles. The van der Waals surface area contributed by atoms with Crippen LogP contribution in [0.4, 0.5) is 0 Å². The van der Waals surface area contributed by atoms with E-state index in [0.29, 0.717) is 6.42 Å². The zero-order chi connectivity index (χ0) is 23.6. The number of carbonyl (C=O) groups excluding carboxylic acids is 4. The van der Waals surface area contributed by atoms with Gasteiger partial charge in [-0.1, -0.05) is 20.3 Å². The maximum Gasteiger partial charge on any atom is 0.326 e. The van der Waals surface area contributed by atoms with Crippen LogP contribution in [0.15, 0.2) is 0 Å². The first-order valence-corrected chi connectivity index (χ1v) is 9.19. The summed E-state index contributed by atoms with van der Waals surface area (Å²) in [5.74, 6) is -6.58. The van der Waals surface area contributed by atoms with Crippen LogP contribution in [0.3, 0.4) is 0 Å². The highest BCUT2D eigenvalue weighted by Gasteiger charge is 2.32. The van der Waals surface area contributed by atoms with Gasteiger partial charge in [-0.2, -0.15) is 0 Å². The minimum absolute atomic E-state index is 0.422. The molecule has 170 valence electrons. The van der Waals surface area contributed by atoms with Crippen LogP contribution < -0.4 is 27.4 Å². The van der Waals surface area contributed by atoms with Crippen molar-refractivity contribution in [2.45, 2.75) is 64.2 Å². The molecule has 0 aromatic carbocycles. The lowest BCUT2D eigenvalue weighted by atomic mass is 9.97. The monoisotopic (exact) mass is 431 g/mol. The topological polar surface area (TPSA) is 231 Å². The zero-order valence-corrected chi connectivity index (χ0v) is 17.0. The smallest absolute Gasteiger partial charge is 0.326 e. The van der Waals surface area contributed by atoms with Crippen LogP contribution in [-0.2, 0) is 28.8 Å². The molecule has 4 amide bonds. The maximum absolute atomic E-state index is 12.5. The first-order chi connectivity index (χ1) is 13.8. The van der Waals surface area contributed by atoms with Crippen molar-refractivity contribution in [2.75, 3.05) is 0 Å². The Kier molecular flexibility index (Phi) is 11.0. The largest absolute Gasteiger partial charge is 0.481 e. The van der Waals surface area contributed by atoms with Crippen molar-refractivity contribution in [3.05, 3.63) is 0 Å². The summed E-state index contributed by atoms with van der Waals surface area (Å²) in [7, 11) is 0. The van der Waals surface area contributed by atoms with Crippen LogP contribution in [-0.4, -0.2) is 69.9 Å². The fraction of sp³-hybridized carbons (Fsp3) is 0.647. The number of rotatable bonds is 13. The number of nitrogens with two attached hydrogens (primary N) is 2. The Morgan fingerprint density at radius 3 is 1.87 bits per heavy atom. The van der Waals surface area contributed by atoms with E-state index in [0.717, 1.165) is 0 Å². The molecule has 0 aliphatic carbocycles. The summed E-state index contributed by atoms with van der Waals surface area (Å²) in [4.78, 5) is 69.6. The molecule has 5 atom stereocenters. The predicted octanol–water partition coefficient (Wildman–Crippen LogP) is -2.73. The zero-order valence-electron chi connectivity index (χ0n) is 17.0. The summed E-state index contributed by atoms with van der Waals surface area (Å²) in [6, 6.07) is -5.25. The maximum atomic E-state index is 12.5. The van der Waals surface area contributed by atoms with Crippen molar-refractivity contribution in [1.29, 1.82) is 0 Å². The molecule has 13 heteroatoms. The van der Waals surface area contributed by atoms with E-state index in [1.807, 2.05) is 0 Å². The lowest BCUT2D eigenvalue weighted by Crippen LogP contribution is -2.58. The molecule has 0 spiro atoms. The SMILES string of the molecule is CCC(C)C(NC(=O)C(C)NC(=O)C(N)CC(=O)O)C(=O)NC(CC(N)=O)C(=O)O. The van der Waals surface area contributed by atoms with E-state index in [2.05, 4.69) is 16.0 Å². The first kappa shape index (κ1) is 26.8. The normalized spacial score (nSPS) is 15.6. The molecular formula is C17H29N5O8. The number of carbonyl (C=O) groups is 6. The number of hydrogen-bond acceptors (Lipinski definition) is 7. The second-order valence-corrected chi connectivity index (χ2v) is 6.88. The fourth-order valence-corrected chi connectivity index (χ4v) is 2.31. The van der Waals surface area contributed by atoms with Gasteiger partial charge in [0.15, 0.2) is 0 Å². The molecule has 30 heavy (non-hydrogen) atoms. The molecule has 0 bridgehead atoms. The van der Waals surface area contributed by atoms with Gasteiger partial charge >= 0.3 is 11.9 Å². The molecule has 0 saturated carbocycles.